The van der Waals surface area contributed by atoms with Crippen LogP contribution in [0.15, 0.2) is 36.4 Å². The number of benzene rings is 2. The van der Waals surface area contributed by atoms with Gasteiger partial charge >= 0.3 is 0 Å². The van der Waals surface area contributed by atoms with Gasteiger partial charge in [-0.15, -0.1) is 0 Å². The highest BCUT2D eigenvalue weighted by molar-refractivity contribution is 6.31. The highest BCUT2D eigenvalue weighted by atomic mass is 35.5. The largest absolute Gasteiger partial charge is 0.504 e. The van der Waals surface area contributed by atoms with Crippen molar-refractivity contribution in [3.8, 4) is 11.5 Å². The van der Waals surface area contributed by atoms with Crippen molar-refractivity contribution in [2.75, 3.05) is 12.8 Å². The second-order valence-electron chi connectivity index (χ2n) is 4.69. The molecule has 0 spiro atoms. The third-order valence-corrected chi connectivity index (χ3v) is 3.44. The number of hydrogen-bond acceptors (Lipinski definition) is 4. The average Bonchev–Trinajstić information content (AvgIpc) is 2.45. The van der Waals surface area contributed by atoms with E-state index in [1.165, 1.54) is 23.1 Å². The molecule has 0 saturated carbocycles. The number of anilines is 1. The number of aromatic hydroxyl groups is 2. The van der Waals surface area contributed by atoms with Crippen molar-refractivity contribution in [2.24, 2.45) is 0 Å². The maximum Gasteiger partial charge on any atom is 0.257 e. The van der Waals surface area contributed by atoms with Crippen LogP contribution in [0.5, 0.6) is 11.5 Å². The van der Waals surface area contributed by atoms with E-state index < -0.39 is 11.7 Å². The van der Waals surface area contributed by atoms with Gasteiger partial charge in [-0.05, 0) is 35.9 Å². The SMILES string of the molecule is CN(Cc1cc(N)ccc1Cl)C(=O)c1cccc(O)c1O. The van der Waals surface area contributed by atoms with Gasteiger partial charge in [-0.3, -0.25) is 4.79 Å². The predicted molar refractivity (Wildman–Crippen MR) is 81.4 cm³/mol. The maximum absolute atomic E-state index is 12.3. The van der Waals surface area contributed by atoms with Gasteiger partial charge in [0.15, 0.2) is 11.5 Å². The zero-order valence-electron chi connectivity index (χ0n) is 11.4. The smallest absolute Gasteiger partial charge is 0.257 e. The molecule has 0 aromatic heterocycles. The summed E-state index contributed by atoms with van der Waals surface area (Å²) >= 11 is 6.06. The normalized spacial score (nSPS) is 10.4. The molecule has 0 aliphatic carbocycles. The molecule has 0 saturated heterocycles. The summed E-state index contributed by atoms with van der Waals surface area (Å²) in [5, 5.41) is 19.7. The number of para-hydroxylation sites is 1. The van der Waals surface area contributed by atoms with E-state index >= 15 is 0 Å². The number of nitrogens with zero attached hydrogens (tertiary/aromatic N) is 1. The molecule has 0 aliphatic rings. The van der Waals surface area contributed by atoms with Gasteiger partial charge in [0.05, 0.1) is 5.56 Å². The molecule has 21 heavy (non-hydrogen) atoms. The van der Waals surface area contributed by atoms with E-state index in [0.717, 1.165) is 0 Å². The van der Waals surface area contributed by atoms with Crippen LogP contribution in [0.25, 0.3) is 0 Å². The molecule has 0 radical (unpaired) electrons. The minimum absolute atomic E-state index is 0.0255. The fourth-order valence-corrected chi connectivity index (χ4v) is 2.13. The highest BCUT2D eigenvalue weighted by Crippen LogP contribution is 2.29. The molecule has 0 unspecified atom stereocenters. The fourth-order valence-electron chi connectivity index (χ4n) is 1.95. The fraction of sp³-hybridized carbons (Fsp3) is 0.133. The number of carbonyl (C=O) groups excluding carboxylic acids is 1. The van der Waals surface area contributed by atoms with Crippen LogP contribution in [0.2, 0.25) is 5.02 Å². The minimum atomic E-state index is -0.437. The zero-order chi connectivity index (χ0) is 15.6. The van der Waals surface area contributed by atoms with E-state index in [9.17, 15) is 15.0 Å². The summed E-state index contributed by atoms with van der Waals surface area (Å²) in [7, 11) is 1.57. The van der Waals surface area contributed by atoms with Crippen LogP contribution >= 0.6 is 11.6 Å². The van der Waals surface area contributed by atoms with Gasteiger partial charge in [-0.2, -0.15) is 0 Å². The molecule has 2 aromatic rings. The van der Waals surface area contributed by atoms with Crippen LogP contribution < -0.4 is 5.73 Å². The van der Waals surface area contributed by atoms with Crippen LogP contribution in [0.1, 0.15) is 15.9 Å². The Kier molecular flexibility index (Phi) is 4.23. The molecule has 4 N–H and O–H groups in total. The Hall–Kier alpha value is -2.40. The number of halogens is 1. The van der Waals surface area contributed by atoms with Crippen molar-refractivity contribution >= 4 is 23.2 Å². The molecule has 0 aliphatic heterocycles. The lowest BCUT2D eigenvalue weighted by Crippen LogP contribution is -2.26. The summed E-state index contributed by atoms with van der Waals surface area (Å²) in [5.74, 6) is -1.20. The summed E-state index contributed by atoms with van der Waals surface area (Å²) in [6.07, 6.45) is 0. The van der Waals surface area contributed by atoms with E-state index in [4.69, 9.17) is 17.3 Å². The summed E-state index contributed by atoms with van der Waals surface area (Å²) < 4.78 is 0. The van der Waals surface area contributed by atoms with Gasteiger partial charge in [-0.25, -0.2) is 0 Å². The van der Waals surface area contributed by atoms with Crippen molar-refractivity contribution in [1.82, 2.24) is 4.90 Å². The highest BCUT2D eigenvalue weighted by Gasteiger charge is 2.18. The Morgan fingerprint density at radius 1 is 1.29 bits per heavy atom. The van der Waals surface area contributed by atoms with Gasteiger partial charge in [0, 0.05) is 24.3 Å². The number of phenolic OH excluding ortho intramolecular Hbond substituents is 2. The lowest BCUT2D eigenvalue weighted by atomic mass is 10.1. The third kappa shape index (κ3) is 3.20. The molecule has 0 bridgehead atoms. The standard InChI is InChI=1S/C15H15ClN2O3/c1-18(8-9-7-10(17)5-6-12(9)16)15(21)11-3-2-4-13(19)14(11)20/h2-7,19-20H,8,17H2,1H3. The Labute approximate surface area is 127 Å². The minimum Gasteiger partial charge on any atom is -0.504 e. The molecule has 0 heterocycles. The van der Waals surface area contributed by atoms with Gasteiger partial charge in [-0.1, -0.05) is 17.7 Å². The van der Waals surface area contributed by atoms with E-state index in [-0.39, 0.29) is 17.9 Å². The molecule has 110 valence electrons. The van der Waals surface area contributed by atoms with Gasteiger partial charge < -0.3 is 20.8 Å². The molecule has 2 aromatic carbocycles. The lowest BCUT2D eigenvalue weighted by molar-refractivity contribution is 0.0781. The molecule has 0 fully saturated rings. The topological polar surface area (TPSA) is 86.8 Å². The molecule has 5 nitrogen and oxygen atoms in total. The zero-order valence-corrected chi connectivity index (χ0v) is 12.1. The van der Waals surface area contributed by atoms with Crippen molar-refractivity contribution in [1.29, 1.82) is 0 Å². The van der Waals surface area contributed by atoms with Crippen LogP contribution in [0, 0.1) is 0 Å². The Morgan fingerprint density at radius 3 is 2.71 bits per heavy atom. The first kappa shape index (κ1) is 15.0. The Bertz CT molecular complexity index is 689. The molecule has 0 atom stereocenters. The number of nitrogens with two attached hydrogens (primary N) is 1. The second kappa shape index (κ2) is 5.93. The van der Waals surface area contributed by atoms with Crippen molar-refractivity contribution < 1.29 is 15.0 Å². The van der Waals surface area contributed by atoms with E-state index in [2.05, 4.69) is 0 Å². The van der Waals surface area contributed by atoms with Crippen LogP contribution in [0.3, 0.4) is 0 Å². The quantitative estimate of drug-likeness (QED) is 0.601. The molecule has 1 amide bonds. The lowest BCUT2D eigenvalue weighted by Gasteiger charge is -2.19. The van der Waals surface area contributed by atoms with Crippen LogP contribution in [-0.4, -0.2) is 28.1 Å². The first-order valence-electron chi connectivity index (χ1n) is 6.20. The monoisotopic (exact) mass is 306 g/mol. The van der Waals surface area contributed by atoms with Gasteiger partial charge in [0.2, 0.25) is 0 Å². The first-order chi connectivity index (χ1) is 9.90. The van der Waals surface area contributed by atoms with E-state index in [1.807, 2.05) is 0 Å². The molecule has 6 heteroatoms. The number of carbonyl (C=O) groups is 1. The Balaban J connectivity index is 2.24. The molecular formula is C15H15ClN2O3. The summed E-state index contributed by atoms with van der Waals surface area (Å²) in [5.41, 5.74) is 6.98. The number of amides is 1. The van der Waals surface area contributed by atoms with E-state index in [1.54, 1.807) is 25.2 Å². The average molecular weight is 307 g/mol. The number of rotatable bonds is 3. The summed E-state index contributed by atoms with van der Waals surface area (Å²) in [4.78, 5) is 13.7. The van der Waals surface area contributed by atoms with Crippen molar-refractivity contribution in [2.45, 2.75) is 6.54 Å². The maximum atomic E-state index is 12.3. The second-order valence-corrected chi connectivity index (χ2v) is 5.09. The molecule has 2 rings (SSSR count). The third-order valence-electron chi connectivity index (χ3n) is 3.07. The van der Waals surface area contributed by atoms with Gasteiger partial charge in [0.1, 0.15) is 0 Å². The van der Waals surface area contributed by atoms with Crippen LogP contribution in [0.4, 0.5) is 5.69 Å². The van der Waals surface area contributed by atoms with E-state index in [0.29, 0.717) is 16.3 Å². The van der Waals surface area contributed by atoms with Crippen molar-refractivity contribution in [3.63, 3.8) is 0 Å². The number of hydrogen-bond donors (Lipinski definition) is 3. The summed E-state index contributed by atoms with van der Waals surface area (Å²) in [6, 6.07) is 9.26. The van der Waals surface area contributed by atoms with Crippen molar-refractivity contribution in [3.05, 3.63) is 52.5 Å². The predicted octanol–water partition coefficient (Wildman–Crippen LogP) is 2.61. The molecular weight excluding hydrogens is 292 g/mol. The summed E-state index contributed by atoms with van der Waals surface area (Å²) in [6.45, 7) is 0.234. The van der Waals surface area contributed by atoms with Gasteiger partial charge in [0.25, 0.3) is 5.91 Å². The first-order valence-corrected chi connectivity index (χ1v) is 6.58. The Morgan fingerprint density at radius 2 is 2.00 bits per heavy atom. The van der Waals surface area contributed by atoms with Crippen LogP contribution in [-0.2, 0) is 6.54 Å². The number of nitrogen functional groups attached to an aromatic ring is 1. The number of phenols is 2.